The van der Waals surface area contributed by atoms with E-state index in [1.807, 2.05) is 38.1 Å². The molecule has 1 heterocycles. The first kappa shape index (κ1) is 19.9. The van der Waals surface area contributed by atoms with Crippen molar-refractivity contribution in [3.05, 3.63) is 45.9 Å². The molecule has 0 atom stereocenters. The number of hydrogen-bond acceptors (Lipinski definition) is 4. The molecule has 1 aromatic heterocycles. The van der Waals surface area contributed by atoms with Crippen LogP contribution in [0.5, 0.6) is 0 Å². The van der Waals surface area contributed by atoms with Crippen LogP contribution in [0.3, 0.4) is 0 Å². The fourth-order valence-electron chi connectivity index (χ4n) is 2.39. The molecule has 2 aromatic rings. The Bertz CT molecular complexity index is 724. The van der Waals surface area contributed by atoms with Crippen molar-refractivity contribution in [2.24, 2.45) is 4.99 Å². The summed E-state index contributed by atoms with van der Waals surface area (Å²) in [5, 5.41) is 12.7. The smallest absolute Gasteiger partial charge is 0.224 e. The number of carbonyl (C=O) groups excluding carboxylic acids is 1. The van der Waals surface area contributed by atoms with Crippen LogP contribution in [0.4, 0.5) is 5.69 Å². The van der Waals surface area contributed by atoms with Crippen LogP contribution in [0.25, 0.3) is 0 Å². The molecule has 0 bridgehead atoms. The zero-order valence-corrected chi connectivity index (χ0v) is 16.4. The van der Waals surface area contributed by atoms with E-state index in [-0.39, 0.29) is 5.91 Å². The molecule has 140 valence electrons. The monoisotopic (exact) mass is 373 g/mol. The Hall–Kier alpha value is -2.41. The van der Waals surface area contributed by atoms with E-state index in [0.29, 0.717) is 13.0 Å². The van der Waals surface area contributed by atoms with Gasteiger partial charge in [-0.1, -0.05) is 19.1 Å². The van der Waals surface area contributed by atoms with Gasteiger partial charge in [0.2, 0.25) is 5.91 Å². The number of rotatable bonds is 8. The summed E-state index contributed by atoms with van der Waals surface area (Å²) in [5.41, 5.74) is 3.06. The maximum atomic E-state index is 11.6. The molecule has 0 saturated carbocycles. The summed E-state index contributed by atoms with van der Waals surface area (Å²) in [6.07, 6.45) is 2.27. The third kappa shape index (κ3) is 6.84. The first-order valence-electron chi connectivity index (χ1n) is 8.85. The molecule has 0 radical (unpaired) electrons. The lowest BCUT2D eigenvalue weighted by Crippen LogP contribution is -2.37. The SMILES string of the molecule is CCCC(=O)Nc1ccc(CNC(=NC)NCCc2csc(C)n2)cc1. The summed E-state index contributed by atoms with van der Waals surface area (Å²) in [7, 11) is 1.76. The topological polar surface area (TPSA) is 78.4 Å². The van der Waals surface area contributed by atoms with Crippen molar-refractivity contribution in [1.29, 1.82) is 0 Å². The molecule has 0 fully saturated rings. The van der Waals surface area contributed by atoms with E-state index < -0.39 is 0 Å². The van der Waals surface area contributed by atoms with Gasteiger partial charge < -0.3 is 16.0 Å². The number of aryl methyl sites for hydroxylation is 1. The van der Waals surface area contributed by atoms with Gasteiger partial charge in [-0.15, -0.1) is 11.3 Å². The molecule has 0 aliphatic rings. The molecule has 0 unspecified atom stereocenters. The van der Waals surface area contributed by atoms with E-state index in [9.17, 15) is 4.79 Å². The molecule has 6 nitrogen and oxygen atoms in total. The standard InChI is InChI=1S/C19H27N5OS/c1-4-5-18(25)24-16-8-6-15(7-9-16)12-22-19(20-3)21-11-10-17-13-26-14(2)23-17/h6-9,13H,4-5,10-12H2,1-3H3,(H,24,25)(H2,20,21,22). The van der Waals surface area contributed by atoms with Crippen LogP contribution in [-0.2, 0) is 17.8 Å². The highest BCUT2D eigenvalue weighted by atomic mass is 32.1. The first-order valence-corrected chi connectivity index (χ1v) is 9.73. The van der Waals surface area contributed by atoms with Crippen LogP contribution < -0.4 is 16.0 Å². The lowest BCUT2D eigenvalue weighted by atomic mass is 10.2. The average molecular weight is 374 g/mol. The molecule has 0 aliphatic carbocycles. The van der Waals surface area contributed by atoms with Crippen molar-refractivity contribution in [3.63, 3.8) is 0 Å². The summed E-state index contributed by atoms with van der Waals surface area (Å²) in [6, 6.07) is 7.84. The molecular formula is C19H27N5OS. The number of anilines is 1. The molecular weight excluding hydrogens is 346 g/mol. The lowest BCUT2D eigenvalue weighted by molar-refractivity contribution is -0.116. The maximum absolute atomic E-state index is 11.6. The van der Waals surface area contributed by atoms with Crippen LogP contribution in [0.15, 0.2) is 34.6 Å². The van der Waals surface area contributed by atoms with E-state index >= 15 is 0 Å². The summed E-state index contributed by atoms with van der Waals surface area (Å²) in [5.74, 6) is 0.815. The quantitative estimate of drug-likeness (QED) is 0.491. The van der Waals surface area contributed by atoms with Gasteiger partial charge in [0.15, 0.2) is 5.96 Å². The Morgan fingerprint density at radius 2 is 2.00 bits per heavy atom. The first-order chi connectivity index (χ1) is 12.6. The Labute approximate surface area is 159 Å². The van der Waals surface area contributed by atoms with Gasteiger partial charge in [0.1, 0.15) is 0 Å². The minimum Gasteiger partial charge on any atom is -0.356 e. The Morgan fingerprint density at radius 3 is 2.62 bits per heavy atom. The predicted octanol–water partition coefficient (Wildman–Crippen LogP) is 3.10. The third-order valence-electron chi connectivity index (χ3n) is 3.74. The summed E-state index contributed by atoms with van der Waals surface area (Å²) >= 11 is 1.67. The molecule has 0 saturated heterocycles. The van der Waals surface area contributed by atoms with E-state index in [0.717, 1.165) is 47.3 Å². The fraction of sp³-hybridized carbons (Fsp3) is 0.421. The number of hydrogen-bond donors (Lipinski definition) is 3. The van der Waals surface area contributed by atoms with Gasteiger partial charge in [0, 0.05) is 44.0 Å². The van der Waals surface area contributed by atoms with E-state index in [2.05, 4.69) is 31.3 Å². The molecule has 1 aromatic carbocycles. The van der Waals surface area contributed by atoms with Gasteiger partial charge in [-0.25, -0.2) is 4.98 Å². The number of aliphatic imine (C=N–C) groups is 1. The second kappa shape index (κ2) is 10.6. The van der Waals surface area contributed by atoms with Gasteiger partial charge in [-0.2, -0.15) is 0 Å². The van der Waals surface area contributed by atoms with Crippen LogP contribution >= 0.6 is 11.3 Å². The van der Waals surface area contributed by atoms with E-state index in [4.69, 9.17) is 0 Å². The zero-order chi connectivity index (χ0) is 18.8. The van der Waals surface area contributed by atoms with E-state index in [1.165, 1.54) is 0 Å². The highest BCUT2D eigenvalue weighted by molar-refractivity contribution is 7.09. The van der Waals surface area contributed by atoms with Crippen molar-refractivity contribution in [2.75, 3.05) is 18.9 Å². The van der Waals surface area contributed by atoms with Crippen molar-refractivity contribution in [3.8, 4) is 0 Å². The molecule has 3 N–H and O–H groups in total. The fourth-order valence-corrected chi connectivity index (χ4v) is 3.04. The van der Waals surface area contributed by atoms with Crippen LogP contribution in [0, 0.1) is 6.92 Å². The van der Waals surface area contributed by atoms with Crippen LogP contribution in [-0.4, -0.2) is 30.4 Å². The molecule has 0 aliphatic heterocycles. The summed E-state index contributed by atoms with van der Waals surface area (Å²) < 4.78 is 0. The summed E-state index contributed by atoms with van der Waals surface area (Å²) in [6.45, 7) is 5.46. The Morgan fingerprint density at radius 1 is 1.23 bits per heavy atom. The largest absolute Gasteiger partial charge is 0.356 e. The number of amides is 1. The molecule has 1 amide bonds. The zero-order valence-electron chi connectivity index (χ0n) is 15.6. The second-order valence-electron chi connectivity index (χ2n) is 5.96. The van der Waals surface area contributed by atoms with Crippen molar-refractivity contribution >= 4 is 28.9 Å². The number of guanidine groups is 1. The highest BCUT2D eigenvalue weighted by Gasteiger charge is 2.03. The summed E-state index contributed by atoms with van der Waals surface area (Å²) in [4.78, 5) is 20.3. The lowest BCUT2D eigenvalue weighted by Gasteiger charge is -2.12. The van der Waals surface area contributed by atoms with Crippen LogP contribution in [0.1, 0.15) is 36.0 Å². The van der Waals surface area contributed by atoms with Crippen molar-refractivity contribution in [1.82, 2.24) is 15.6 Å². The molecule has 0 spiro atoms. The third-order valence-corrected chi connectivity index (χ3v) is 4.56. The number of nitrogens with one attached hydrogen (secondary N) is 3. The van der Waals surface area contributed by atoms with Crippen molar-refractivity contribution < 1.29 is 4.79 Å². The normalized spacial score (nSPS) is 11.3. The minimum atomic E-state index is 0.0540. The number of aromatic nitrogens is 1. The van der Waals surface area contributed by atoms with Gasteiger partial charge in [0.05, 0.1) is 10.7 Å². The maximum Gasteiger partial charge on any atom is 0.224 e. The number of benzene rings is 1. The van der Waals surface area contributed by atoms with Crippen molar-refractivity contribution in [2.45, 2.75) is 39.7 Å². The Balaban J connectivity index is 1.74. The molecule has 7 heteroatoms. The van der Waals surface area contributed by atoms with Crippen LogP contribution in [0.2, 0.25) is 0 Å². The molecule has 26 heavy (non-hydrogen) atoms. The van der Waals surface area contributed by atoms with Gasteiger partial charge in [-0.05, 0) is 31.0 Å². The second-order valence-corrected chi connectivity index (χ2v) is 7.02. The van der Waals surface area contributed by atoms with Gasteiger partial charge >= 0.3 is 0 Å². The van der Waals surface area contributed by atoms with E-state index in [1.54, 1.807) is 18.4 Å². The van der Waals surface area contributed by atoms with Gasteiger partial charge in [-0.3, -0.25) is 9.79 Å². The van der Waals surface area contributed by atoms with Gasteiger partial charge in [0.25, 0.3) is 0 Å². The number of carbonyl (C=O) groups is 1. The molecule has 2 rings (SSSR count). The Kier molecular flexibility index (Phi) is 8.08. The number of nitrogens with zero attached hydrogens (tertiary/aromatic N) is 2. The predicted molar refractivity (Wildman–Crippen MR) is 109 cm³/mol. The number of thiazole rings is 1. The minimum absolute atomic E-state index is 0.0540. The highest BCUT2D eigenvalue weighted by Crippen LogP contribution is 2.10. The average Bonchev–Trinajstić information content (AvgIpc) is 3.04.